The minimum atomic E-state index is -3.78. The minimum absolute atomic E-state index is 0.0841. The minimum Gasteiger partial charge on any atom is -0.465 e. The summed E-state index contributed by atoms with van der Waals surface area (Å²) in [5.74, 6) is -0.0876. The van der Waals surface area contributed by atoms with Gasteiger partial charge >= 0.3 is 5.97 Å². The summed E-state index contributed by atoms with van der Waals surface area (Å²) >= 11 is 11.6. The molecule has 0 amide bonds. The predicted molar refractivity (Wildman–Crippen MR) is 99.1 cm³/mol. The molecular weight excluding hydrogens is 385 g/mol. The van der Waals surface area contributed by atoms with Crippen molar-refractivity contribution in [3.8, 4) is 0 Å². The van der Waals surface area contributed by atoms with Crippen molar-refractivity contribution < 1.29 is 17.9 Å². The first-order chi connectivity index (χ1) is 11.9. The Balaban J connectivity index is 2.22. The summed E-state index contributed by atoms with van der Waals surface area (Å²) in [6.07, 6.45) is 1.61. The lowest BCUT2D eigenvalue weighted by molar-refractivity contribution is 0.0601. The predicted octanol–water partition coefficient (Wildman–Crippen LogP) is 4.10. The third-order valence-electron chi connectivity index (χ3n) is 3.46. The van der Waals surface area contributed by atoms with Crippen LogP contribution in [0.1, 0.15) is 22.3 Å². The van der Waals surface area contributed by atoms with Gasteiger partial charge in [-0.25, -0.2) is 13.2 Å². The first-order valence-electron chi connectivity index (χ1n) is 7.43. The lowest BCUT2D eigenvalue weighted by Gasteiger charge is -2.10. The summed E-state index contributed by atoms with van der Waals surface area (Å²) in [6, 6.07) is 10.8. The van der Waals surface area contributed by atoms with Crippen molar-refractivity contribution >= 4 is 44.9 Å². The number of esters is 1. The normalized spacial score (nSPS) is 11.2. The Morgan fingerprint density at radius 1 is 1.16 bits per heavy atom. The number of benzene rings is 2. The molecule has 0 unspecified atom stereocenters. The Kier molecular flexibility index (Phi) is 6.70. The number of alkyl halides is 1. The van der Waals surface area contributed by atoms with E-state index in [1.54, 1.807) is 12.1 Å². The van der Waals surface area contributed by atoms with Gasteiger partial charge in [0.2, 0.25) is 0 Å². The number of methoxy groups -OCH3 is 1. The Bertz CT molecular complexity index is 851. The van der Waals surface area contributed by atoms with Crippen LogP contribution in [0, 0.1) is 0 Å². The quantitative estimate of drug-likeness (QED) is 0.559. The number of nitrogens with one attached hydrogen (secondary N) is 1. The van der Waals surface area contributed by atoms with Gasteiger partial charge in [-0.05, 0) is 48.7 Å². The molecule has 8 heteroatoms. The monoisotopic (exact) mass is 401 g/mol. The summed E-state index contributed by atoms with van der Waals surface area (Å²) in [5, 5.41) is 0.179. The van der Waals surface area contributed by atoms with Gasteiger partial charge in [0, 0.05) is 11.6 Å². The number of aryl methyl sites for hydroxylation is 1. The highest BCUT2D eigenvalue weighted by molar-refractivity contribution is 7.92. The van der Waals surface area contributed by atoms with Crippen LogP contribution in [0.4, 0.5) is 5.69 Å². The first kappa shape index (κ1) is 19.6. The van der Waals surface area contributed by atoms with E-state index in [0.717, 1.165) is 18.4 Å². The van der Waals surface area contributed by atoms with E-state index < -0.39 is 16.0 Å². The van der Waals surface area contributed by atoms with Crippen LogP contribution in [0.25, 0.3) is 0 Å². The Labute approximate surface area is 157 Å². The molecule has 0 saturated heterocycles. The van der Waals surface area contributed by atoms with Crippen molar-refractivity contribution in [1.82, 2.24) is 0 Å². The average molecular weight is 402 g/mol. The summed E-state index contributed by atoms with van der Waals surface area (Å²) < 4.78 is 32.0. The van der Waals surface area contributed by atoms with E-state index in [-0.39, 0.29) is 21.2 Å². The van der Waals surface area contributed by atoms with Crippen LogP contribution in [0.15, 0.2) is 47.4 Å². The molecule has 2 rings (SSSR count). The second-order valence-corrected chi connectivity index (χ2v) is 7.70. The standard InChI is InChI=1S/C17H17Cl2NO4S/c1-24-17(21)15-11-13(6-9-16(15)19)20-25(22,23)14-7-4-12(5-8-14)3-2-10-18/h4-9,11,20H,2-3,10H2,1H3. The molecule has 5 nitrogen and oxygen atoms in total. The molecule has 0 atom stereocenters. The number of carbonyl (C=O) groups excluding carboxylic acids is 1. The summed E-state index contributed by atoms with van der Waals surface area (Å²) in [4.78, 5) is 11.8. The zero-order valence-electron chi connectivity index (χ0n) is 13.5. The number of rotatable bonds is 7. The topological polar surface area (TPSA) is 72.5 Å². The fraction of sp³-hybridized carbons (Fsp3) is 0.235. The molecule has 1 N–H and O–H groups in total. The van der Waals surface area contributed by atoms with Crippen molar-refractivity contribution in [2.75, 3.05) is 17.7 Å². The van der Waals surface area contributed by atoms with Gasteiger partial charge < -0.3 is 4.74 Å². The van der Waals surface area contributed by atoms with E-state index in [9.17, 15) is 13.2 Å². The van der Waals surface area contributed by atoms with Crippen LogP contribution in [-0.4, -0.2) is 27.4 Å². The van der Waals surface area contributed by atoms with Gasteiger partial charge in [0.1, 0.15) is 0 Å². The van der Waals surface area contributed by atoms with E-state index in [1.165, 1.54) is 37.4 Å². The van der Waals surface area contributed by atoms with Gasteiger partial charge in [0.05, 0.1) is 22.6 Å². The molecule has 0 saturated carbocycles. The molecule has 0 bridgehead atoms. The third-order valence-corrected chi connectivity index (χ3v) is 5.45. The second-order valence-electron chi connectivity index (χ2n) is 5.23. The van der Waals surface area contributed by atoms with Crippen molar-refractivity contribution in [2.45, 2.75) is 17.7 Å². The van der Waals surface area contributed by atoms with Crippen molar-refractivity contribution in [3.63, 3.8) is 0 Å². The number of halogens is 2. The van der Waals surface area contributed by atoms with Crippen LogP contribution in [0.2, 0.25) is 5.02 Å². The third kappa shape index (κ3) is 5.11. The zero-order valence-corrected chi connectivity index (χ0v) is 15.8. The van der Waals surface area contributed by atoms with Crippen LogP contribution < -0.4 is 4.72 Å². The maximum atomic E-state index is 12.5. The fourth-order valence-electron chi connectivity index (χ4n) is 2.18. The second kappa shape index (κ2) is 8.56. The molecule has 0 aliphatic rings. The summed E-state index contributed by atoms with van der Waals surface area (Å²) in [6.45, 7) is 0. The first-order valence-corrected chi connectivity index (χ1v) is 9.82. The number of ether oxygens (including phenoxy) is 1. The highest BCUT2D eigenvalue weighted by Gasteiger charge is 2.17. The molecule has 2 aromatic rings. The van der Waals surface area contributed by atoms with Crippen molar-refractivity contribution in [2.24, 2.45) is 0 Å². The highest BCUT2D eigenvalue weighted by atomic mass is 35.5. The van der Waals surface area contributed by atoms with Crippen LogP contribution in [0.5, 0.6) is 0 Å². The fourth-order valence-corrected chi connectivity index (χ4v) is 3.55. The molecule has 0 radical (unpaired) electrons. The maximum Gasteiger partial charge on any atom is 0.339 e. The van der Waals surface area contributed by atoms with Crippen LogP contribution in [-0.2, 0) is 21.2 Å². The van der Waals surface area contributed by atoms with Crippen molar-refractivity contribution in [3.05, 3.63) is 58.6 Å². The molecule has 0 heterocycles. The van der Waals surface area contributed by atoms with Gasteiger partial charge in [-0.15, -0.1) is 11.6 Å². The lowest BCUT2D eigenvalue weighted by Crippen LogP contribution is -2.13. The van der Waals surface area contributed by atoms with E-state index in [4.69, 9.17) is 23.2 Å². The van der Waals surface area contributed by atoms with E-state index in [2.05, 4.69) is 9.46 Å². The molecule has 0 aromatic heterocycles. The van der Waals surface area contributed by atoms with Gasteiger partial charge in [0.25, 0.3) is 10.0 Å². The molecule has 0 fully saturated rings. The molecule has 0 aliphatic heterocycles. The van der Waals surface area contributed by atoms with Gasteiger partial charge in [-0.3, -0.25) is 4.72 Å². The van der Waals surface area contributed by atoms with Gasteiger partial charge in [-0.1, -0.05) is 23.7 Å². The van der Waals surface area contributed by atoms with Crippen molar-refractivity contribution in [1.29, 1.82) is 0 Å². The van der Waals surface area contributed by atoms with E-state index in [1.807, 2.05) is 0 Å². The number of anilines is 1. The summed E-state index contributed by atoms with van der Waals surface area (Å²) in [7, 11) is -2.56. The lowest BCUT2D eigenvalue weighted by atomic mass is 10.1. The number of hydrogen-bond acceptors (Lipinski definition) is 4. The van der Waals surface area contributed by atoms with Gasteiger partial charge in [0.15, 0.2) is 0 Å². The van der Waals surface area contributed by atoms with E-state index in [0.29, 0.717) is 5.88 Å². The summed E-state index contributed by atoms with van der Waals surface area (Å²) in [5.41, 5.74) is 1.32. The number of hydrogen-bond donors (Lipinski definition) is 1. The Morgan fingerprint density at radius 3 is 2.44 bits per heavy atom. The smallest absolute Gasteiger partial charge is 0.339 e. The Hall–Kier alpha value is -1.76. The van der Waals surface area contributed by atoms with Crippen LogP contribution >= 0.6 is 23.2 Å². The largest absolute Gasteiger partial charge is 0.465 e. The molecule has 0 aliphatic carbocycles. The molecule has 25 heavy (non-hydrogen) atoms. The number of sulfonamides is 1. The molecule has 0 spiro atoms. The highest BCUT2D eigenvalue weighted by Crippen LogP contribution is 2.23. The zero-order chi connectivity index (χ0) is 18.4. The van der Waals surface area contributed by atoms with E-state index >= 15 is 0 Å². The molecular formula is C17H17Cl2NO4S. The Morgan fingerprint density at radius 2 is 1.84 bits per heavy atom. The van der Waals surface area contributed by atoms with Gasteiger partial charge in [-0.2, -0.15) is 0 Å². The molecule has 134 valence electrons. The average Bonchev–Trinajstić information content (AvgIpc) is 2.61. The number of carbonyl (C=O) groups is 1. The van der Waals surface area contributed by atoms with Crippen LogP contribution in [0.3, 0.4) is 0 Å². The maximum absolute atomic E-state index is 12.5. The molecule has 2 aromatic carbocycles. The SMILES string of the molecule is COC(=O)c1cc(NS(=O)(=O)c2ccc(CCCCl)cc2)ccc1Cl.